The zero-order valence-corrected chi connectivity index (χ0v) is 15.0. The fourth-order valence-corrected chi connectivity index (χ4v) is 3.82. The van der Waals surface area contributed by atoms with Crippen molar-refractivity contribution < 1.29 is 9.13 Å². The van der Waals surface area contributed by atoms with Gasteiger partial charge in [0.05, 0.1) is 30.2 Å². The molecule has 26 heavy (non-hydrogen) atoms. The van der Waals surface area contributed by atoms with Crippen LogP contribution in [0.1, 0.15) is 28.6 Å². The van der Waals surface area contributed by atoms with E-state index in [1.165, 1.54) is 13.2 Å². The molecule has 3 heterocycles. The second-order valence-electron chi connectivity index (χ2n) is 6.27. The number of fused-ring (bicyclic) bond motifs is 1. The number of ether oxygens (including phenoxy) is 1. The van der Waals surface area contributed by atoms with E-state index in [4.69, 9.17) is 16.3 Å². The van der Waals surface area contributed by atoms with Crippen molar-refractivity contribution >= 4 is 11.6 Å². The van der Waals surface area contributed by atoms with Crippen molar-refractivity contribution in [3.8, 4) is 5.75 Å². The number of imidazole rings is 1. The first-order chi connectivity index (χ1) is 12.7. The van der Waals surface area contributed by atoms with Gasteiger partial charge in [-0.05, 0) is 29.3 Å². The van der Waals surface area contributed by atoms with Gasteiger partial charge in [-0.2, -0.15) is 0 Å². The van der Waals surface area contributed by atoms with E-state index in [1.807, 2.05) is 18.3 Å². The Morgan fingerprint density at radius 2 is 2.31 bits per heavy atom. The van der Waals surface area contributed by atoms with Gasteiger partial charge in [0.2, 0.25) is 0 Å². The van der Waals surface area contributed by atoms with Crippen molar-refractivity contribution in [2.24, 2.45) is 0 Å². The van der Waals surface area contributed by atoms with Gasteiger partial charge in [-0.25, -0.2) is 9.37 Å². The molecule has 2 aromatic heterocycles. The molecule has 7 heteroatoms. The van der Waals surface area contributed by atoms with E-state index in [0.717, 1.165) is 35.5 Å². The molecule has 0 radical (unpaired) electrons. The van der Waals surface area contributed by atoms with Gasteiger partial charge in [0.15, 0.2) is 11.6 Å². The number of pyridine rings is 1. The number of benzene rings is 1. The molecule has 134 valence electrons. The number of halogens is 2. The Hall–Kier alpha value is -2.44. The average molecular weight is 373 g/mol. The minimum atomic E-state index is -0.473. The summed E-state index contributed by atoms with van der Waals surface area (Å²) in [6.45, 7) is 1.51. The average Bonchev–Trinajstić information content (AvgIpc) is 3.11. The molecule has 4 rings (SSSR count). The molecule has 0 unspecified atom stereocenters. The Kier molecular flexibility index (Phi) is 4.61. The molecule has 0 spiro atoms. The van der Waals surface area contributed by atoms with Crippen LogP contribution in [0.5, 0.6) is 5.75 Å². The van der Waals surface area contributed by atoms with E-state index in [0.29, 0.717) is 6.54 Å². The molecule has 3 aromatic rings. The molecule has 1 aromatic carbocycles. The summed E-state index contributed by atoms with van der Waals surface area (Å²) >= 11 is 6.24. The summed E-state index contributed by atoms with van der Waals surface area (Å²) in [6.07, 6.45) is 6.14. The first kappa shape index (κ1) is 17.0. The van der Waals surface area contributed by atoms with Crippen molar-refractivity contribution in [2.75, 3.05) is 13.7 Å². The van der Waals surface area contributed by atoms with Gasteiger partial charge in [0.25, 0.3) is 0 Å². The highest BCUT2D eigenvalue weighted by Crippen LogP contribution is 2.38. The third-order valence-corrected chi connectivity index (χ3v) is 4.95. The Labute approximate surface area is 155 Å². The summed E-state index contributed by atoms with van der Waals surface area (Å²) in [5.74, 6) is -0.411. The Morgan fingerprint density at radius 3 is 3.04 bits per heavy atom. The molecule has 0 aliphatic carbocycles. The number of nitrogens with one attached hydrogen (secondary N) is 1. The van der Waals surface area contributed by atoms with Crippen LogP contribution in [-0.2, 0) is 13.0 Å². The normalized spacial score (nSPS) is 17.1. The SMILES string of the molecule is COc1c(F)cc([C@@H]2c3nc[nH]c3CCN2Cc2cccnc2)cc1Cl. The Balaban J connectivity index is 1.76. The van der Waals surface area contributed by atoms with Gasteiger partial charge in [0, 0.05) is 37.6 Å². The van der Waals surface area contributed by atoms with E-state index in [1.54, 1.807) is 18.6 Å². The third kappa shape index (κ3) is 3.06. The van der Waals surface area contributed by atoms with E-state index < -0.39 is 5.82 Å². The maximum absolute atomic E-state index is 14.5. The molecular weight excluding hydrogens is 355 g/mol. The van der Waals surface area contributed by atoms with Crippen LogP contribution in [0.3, 0.4) is 0 Å². The van der Waals surface area contributed by atoms with Gasteiger partial charge < -0.3 is 9.72 Å². The standard InChI is InChI=1S/C19H18ClFN4O/c1-26-19-14(20)7-13(8-15(19)21)18-17-16(23-11-24-17)4-6-25(18)10-12-3-2-5-22-9-12/h2-3,5,7-9,11,18H,4,6,10H2,1H3,(H,23,24)/t18-/m1/s1. The lowest BCUT2D eigenvalue weighted by Crippen LogP contribution is -2.36. The van der Waals surface area contributed by atoms with E-state index in [-0.39, 0.29) is 16.8 Å². The second-order valence-corrected chi connectivity index (χ2v) is 6.68. The minimum absolute atomic E-state index is 0.0623. The number of hydrogen-bond donors (Lipinski definition) is 1. The molecular formula is C19H18ClFN4O. The maximum Gasteiger partial charge on any atom is 0.173 e. The maximum atomic E-state index is 14.5. The summed E-state index contributed by atoms with van der Waals surface area (Å²) in [4.78, 5) is 14.1. The summed E-state index contributed by atoms with van der Waals surface area (Å²) in [7, 11) is 1.41. The monoisotopic (exact) mass is 372 g/mol. The summed E-state index contributed by atoms with van der Waals surface area (Å²) in [5.41, 5.74) is 3.83. The van der Waals surface area contributed by atoms with Crippen molar-refractivity contribution in [3.05, 3.63) is 76.3 Å². The van der Waals surface area contributed by atoms with E-state index in [9.17, 15) is 4.39 Å². The first-order valence-corrected chi connectivity index (χ1v) is 8.73. The van der Waals surface area contributed by atoms with Gasteiger partial charge in [-0.15, -0.1) is 0 Å². The highest BCUT2D eigenvalue weighted by atomic mass is 35.5. The lowest BCUT2D eigenvalue weighted by atomic mass is 9.95. The zero-order valence-electron chi connectivity index (χ0n) is 14.2. The predicted molar refractivity (Wildman–Crippen MR) is 96.7 cm³/mol. The van der Waals surface area contributed by atoms with Crippen LogP contribution >= 0.6 is 11.6 Å². The van der Waals surface area contributed by atoms with Crippen LogP contribution in [0.15, 0.2) is 43.0 Å². The number of hydrogen-bond acceptors (Lipinski definition) is 4. The molecule has 1 N–H and O–H groups in total. The van der Waals surface area contributed by atoms with Crippen molar-refractivity contribution in [1.29, 1.82) is 0 Å². The topological polar surface area (TPSA) is 54.0 Å². The van der Waals surface area contributed by atoms with Crippen LogP contribution in [0, 0.1) is 5.82 Å². The van der Waals surface area contributed by atoms with E-state index in [2.05, 4.69) is 19.9 Å². The van der Waals surface area contributed by atoms with Crippen LogP contribution in [0.25, 0.3) is 0 Å². The molecule has 0 saturated heterocycles. The first-order valence-electron chi connectivity index (χ1n) is 8.35. The van der Waals surface area contributed by atoms with Crippen molar-refractivity contribution in [3.63, 3.8) is 0 Å². The number of rotatable bonds is 4. The molecule has 0 amide bonds. The van der Waals surface area contributed by atoms with Crippen molar-refractivity contribution in [1.82, 2.24) is 19.9 Å². The Morgan fingerprint density at radius 1 is 1.42 bits per heavy atom. The minimum Gasteiger partial charge on any atom is -0.492 e. The fraction of sp³-hybridized carbons (Fsp3) is 0.263. The number of aromatic nitrogens is 3. The molecule has 5 nitrogen and oxygen atoms in total. The highest BCUT2D eigenvalue weighted by molar-refractivity contribution is 6.32. The van der Waals surface area contributed by atoms with Gasteiger partial charge >= 0.3 is 0 Å². The lowest BCUT2D eigenvalue weighted by Gasteiger charge is -2.35. The molecule has 1 aliphatic heterocycles. The predicted octanol–water partition coefficient (Wildman–Crippen LogP) is 3.75. The van der Waals surface area contributed by atoms with Crippen LogP contribution in [0.2, 0.25) is 5.02 Å². The molecule has 1 aliphatic rings. The number of H-pyrrole nitrogens is 1. The number of aromatic amines is 1. The van der Waals surface area contributed by atoms with Crippen molar-refractivity contribution in [2.45, 2.75) is 19.0 Å². The van der Waals surface area contributed by atoms with Gasteiger partial charge in [-0.3, -0.25) is 9.88 Å². The lowest BCUT2D eigenvalue weighted by molar-refractivity contribution is 0.199. The van der Waals surface area contributed by atoms with Gasteiger partial charge in [-0.1, -0.05) is 17.7 Å². The molecule has 0 bridgehead atoms. The zero-order chi connectivity index (χ0) is 18.1. The summed E-state index contributed by atoms with van der Waals surface area (Å²) < 4.78 is 19.5. The molecule has 0 fully saturated rings. The van der Waals surface area contributed by atoms with Crippen LogP contribution in [-0.4, -0.2) is 33.5 Å². The molecule has 1 atom stereocenters. The number of methoxy groups -OCH3 is 1. The summed E-state index contributed by atoms with van der Waals surface area (Å²) in [5, 5.41) is 0.256. The smallest absolute Gasteiger partial charge is 0.173 e. The van der Waals surface area contributed by atoms with E-state index >= 15 is 0 Å². The summed E-state index contributed by atoms with van der Waals surface area (Å²) in [6, 6.07) is 7.00. The second kappa shape index (κ2) is 7.05. The Bertz CT molecular complexity index is 892. The van der Waals surface area contributed by atoms with Gasteiger partial charge in [0.1, 0.15) is 0 Å². The highest BCUT2D eigenvalue weighted by Gasteiger charge is 2.32. The quantitative estimate of drug-likeness (QED) is 0.757. The van der Waals surface area contributed by atoms with Crippen LogP contribution in [0.4, 0.5) is 4.39 Å². The third-order valence-electron chi connectivity index (χ3n) is 4.67. The largest absolute Gasteiger partial charge is 0.492 e. The molecule has 0 saturated carbocycles. The van der Waals surface area contributed by atoms with Crippen LogP contribution < -0.4 is 4.74 Å². The fourth-order valence-electron chi connectivity index (χ4n) is 3.52. The number of nitrogens with zero attached hydrogens (tertiary/aromatic N) is 3.